The van der Waals surface area contributed by atoms with Gasteiger partial charge in [-0.05, 0) is 60.4 Å². The number of nitrogen functional groups attached to an aromatic ring is 1. The van der Waals surface area contributed by atoms with Crippen molar-refractivity contribution in [2.24, 2.45) is 0 Å². The second kappa shape index (κ2) is 16.1. The fraction of sp³-hybridized carbons (Fsp3) is 0.297. The number of carbonyl (C=O) groups excluding carboxylic acids is 1. The van der Waals surface area contributed by atoms with Gasteiger partial charge in [-0.15, -0.1) is 0 Å². The van der Waals surface area contributed by atoms with Gasteiger partial charge in [-0.1, -0.05) is 41.9 Å². The Bertz CT molecular complexity index is 2210. The number of hydrogen-bond donors (Lipinski definition) is 2. The molecule has 0 aliphatic carbocycles. The average molecular weight is 711 g/mol. The van der Waals surface area contributed by atoms with Crippen molar-refractivity contribution in [1.29, 1.82) is 0 Å². The molecule has 0 bridgehead atoms. The summed E-state index contributed by atoms with van der Waals surface area (Å²) in [6.45, 7) is 2.08. The number of fused-ring (bicyclic) bond motifs is 2. The largest absolute Gasteiger partial charge is 0.508 e. The SMILES string of the molecule is COCCN(CCOC)C(=O)CCCc1cccc2nc(Cn3nc(-c4ccc(O)cc4)c4c(N)ncnc43)n(Cc3ccccc3Cl)c(=O)c12. The summed E-state index contributed by atoms with van der Waals surface area (Å²) in [5.41, 5.74) is 9.89. The minimum absolute atomic E-state index is 0.00319. The van der Waals surface area contributed by atoms with E-state index < -0.39 is 0 Å². The van der Waals surface area contributed by atoms with Crippen molar-refractivity contribution in [1.82, 2.24) is 34.2 Å². The van der Waals surface area contributed by atoms with E-state index >= 15 is 0 Å². The van der Waals surface area contributed by atoms with Crippen LogP contribution in [0.2, 0.25) is 5.02 Å². The van der Waals surface area contributed by atoms with Gasteiger partial charge in [-0.25, -0.2) is 19.6 Å². The van der Waals surface area contributed by atoms with E-state index in [0.717, 1.165) is 11.1 Å². The molecule has 0 saturated heterocycles. The number of aryl methyl sites for hydroxylation is 1. The molecule has 3 aromatic heterocycles. The molecular formula is C37H39ClN8O5. The van der Waals surface area contributed by atoms with Gasteiger partial charge in [0.25, 0.3) is 5.56 Å². The molecule has 51 heavy (non-hydrogen) atoms. The van der Waals surface area contributed by atoms with Gasteiger partial charge in [-0.3, -0.25) is 14.2 Å². The number of nitrogens with two attached hydrogens (primary N) is 1. The lowest BCUT2D eigenvalue weighted by molar-refractivity contribution is -0.132. The van der Waals surface area contributed by atoms with E-state index in [0.29, 0.717) is 89.6 Å². The lowest BCUT2D eigenvalue weighted by atomic mass is 10.0. The minimum atomic E-state index is -0.233. The summed E-state index contributed by atoms with van der Waals surface area (Å²) in [6.07, 6.45) is 2.72. The van der Waals surface area contributed by atoms with Crippen molar-refractivity contribution in [3.05, 3.63) is 105 Å². The van der Waals surface area contributed by atoms with Gasteiger partial charge in [0.05, 0.1) is 36.0 Å². The normalized spacial score (nSPS) is 11.4. The summed E-state index contributed by atoms with van der Waals surface area (Å²) < 4.78 is 13.6. The van der Waals surface area contributed by atoms with E-state index in [1.165, 1.54) is 6.33 Å². The molecule has 6 aromatic rings. The van der Waals surface area contributed by atoms with Gasteiger partial charge in [0.15, 0.2) is 5.65 Å². The zero-order valence-corrected chi connectivity index (χ0v) is 29.2. The van der Waals surface area contributed by atoms with E-state index in [1.807, 2.05) is 36.4 Å². The first kappa shape index (κ1) is 35.5. The molecule has 6 rings (SSSR count). The van der Waals surface area contributed by atoms with Crippen molar-refractivity contribution >= 4 is 45.3 Å². The van der Waals surface area contributed by atoms with Gasteiger partial charge in [0.2, 0.25) is 5.91 Å². The summed E-state index contributed by atoms with van der Waals surface area (Å²) in [5.74, 6) is 0.805. The number of aromatic nitrogens is 6. The zero-order chi connectivity index (χ0) is 35.9. The molecule has 0 unspecified atom stereocenters. The van der Waals surface area contributed by atoms with Gasteiger partial charge in [0, 0.05) is 44.3 Å². The van der Waals surface area contributed by atoms with Gasteiger partial charge in [-0.2, -0.15) is 5.10 Å². The number of amides is 1. The van der Waals surface area contributed by atoms with Crippen LogP contribution in [-0.4, -0.2) is 85.7 Å². The molecule has 1 amide bonds. The fourth-order valence-corrected chi connectivity index (χ4v) is 6.31. The number of benzene rings is 3. The Balaban J connectivity index is 1.39. The molecule has 0 atom stereocenters. The molecule has 0 radical (unpaired) electrons. The van der Waals surface area contributed by atoms with Crippen LogP contribution >= 0.6 is 11.6 Å². The molecule has 14 heteroatoms. The third-order valence-electron chi connectivity index (χ3n) is 8.75. The summed E-state index contributed by atoms with van der Waals surface area (Å²) in [5, 5.41) is 16.3. The predicted octanol–water partition coefficient (Wildman–Crippen LogP) is 4.69. The Morgan fingerprint density at radius 2 is 1.65 bits per heavy atom. The average Bonchev–Trinajstić information content (AvgIpc) is 3.50. The Hall–Kier alpha value is -5.37. The molecule has 13 nitrogen and oxygen atoms in total. The highest BCUT2D eigenvalue weighted by Gasteiger charge is 2.21. The lowest BCUT2D eigenvalue weighted by Crippen LogP contribution is -2.36. The quantitative estimate of drug-likeness (QED) is 0.153. The summed E-state index contributed by atoms with van der Waals surface area (Å²) in [7, 11) is 3.21. The second-order valence-corrected chi connectivity index (χ2v) is 12.5. The maximum absolute atomic E-state index is 14.6. The first-order chi connectivity index (χ1) is 24.8. The van der Waals surface area contributed by atoms with Crippen LogP contribution in [-0.2, 0) is 33.8 Å². The highest BCUT2D eigenvalue weighted by molar-refractivity contribution is 6.31. The van der Waals surface area contributed by atoms with E-state index in [1.54, 1.807) is 58.7 Å². The Morgan fingerprint density at radius 1 is 0.922 bits per heavy atom. The molecule has 0 aliphatic heterocycles. The number of halogens is 1. The standard InChI is InChI=1S/C37H39ClN8O5/c1-50-19-17-44(18-20-51-2)31(48)12-6-9-24-8-5-11-29-32(24)37(49)45(21-26-7-3-4-10-28(26)38)30(42-29)22-46-36-33(35(39)40-23-41-36)34(43-46)25-13-15-27(47)16-14-25/h3-5,7-8,10-11,13-16,23,47H,6,9,12,17-22H2,1-2H3,(H2,39,40,41). The van der Waals surface area contributed by atoms with Crippen LogP contribution in [0.1, 0.15) is 29.8 Å². The number of phenolic OH excluding ortho intramolecular Hbond substituents is 1. The zero-order valence-electron chi connectivity index (χ0n) is 28.5. The molecule has 0 aliphatic rings. The predicted molar refractivity (Wildman–Crippen MR) is 196 cm³/mol. The molecule has 0 spiro atoms. The number of aromatic hydroxyl groups is 1. The van der Waals surface area contributed by atoms with Gasteiger partial charge >= 0.3 is 0 Å². The van der Waals surface area contributed by atoms with Crippen LogP contribution in [0.25, 0.3) is 33.2 Å². The number of hydrogen-bond acceptors (Lipinski definition) is 10. The second-order valence-electron chi connectivity index (χ2n) is 12.1. The Morgan fingerprint density at radius 3 is 2.37 bits per heavy atom. The molecule has 3 heterocycles. The minimum Gasteiger partial charge on any atom is -0.508 e. The van der Waals surface area contributed by atoms with Crippen LogP contribution in [0.15, 0.2) is 77.9 Å². The van der Waals surface area contributed by atoms with E-state index in [2.05, 4.69) is 9.97 Å². The lowest BCUT2D eigenvalue weighted by Gasteiger charge is -2.22. The number of ether oxygens (including phenoxy) is 2. The third kappa shape index (κ3) is 7.85. The number of phenols is 1. The summed E-state index contributed by atoms with van der Waals surface area (Å²) in [4.78, 5) is 43.1. The number of rotatable bonds is 15. The topological polar surface area (TPSA) is 164 Å². The molecular weight excluding hydrogens is 672 g/mol. The molecule has 3 aromatic carbocycles. The highest BCUT2D eigenvalue weighted by atomic mass is 35.5. The third-order valence-corrected chi connectivity index (χ3v) is 9.11. The number of nitrogens with zero attached hydrogens (tertiary/aromatic N) is 7. The van der Waals surface area contributed by atoms with E-state index in [-0.39, 0.29) is 36.1 Å². The monoisotopic (exact) mass is 710 g/mol. The van der Waals surface area contributed by atoms with E-state index in [9.17, 15) is 14.7 Å². The first-order valence-corrected chi connectivity index (χ1v) is 16.9. The number of carbonyl (C=O) groups is 1. The van der Waals surface area contributed by atoms with Gasteiger partial charge < -0.3 is 25.2 Å². The van der Waals surface area contributed by atoms with Crippen molar-refractivity contribution in [2.75, 3.05) is 46.3 Å². The van der Waals surface area contributed by atoms with Crippen molar-refractivity contribution in [3.63, 3.8) is 0 Å². The molecule has 3 N–H and O–H groups in total. The highest BCUT2D eigenvalue weighted by Crippen LogP contribution is 2.31. The Kier molecular flexibility index (Phi) is 11.2. The fourth-order valence-electron chi connectivity index (χ4n) is 6.12. The van der Waals surface area contributed by atoms with E-state index in [4.69, 9.17) is 36.9 Å². The van der Waals surface area contributed by atoms with Crippen LogP contribution in [0.4, 0.5) is 5.82 Å². The van der Waals surface area contributed by atoms with Crippen molar-refractivity contribution in [3.8, 4) is 17.0 Å². The van der Waals surface area contributed by atoms with Crippen molar-refractivity contribution < 1.29 is 19.4 Å². The van der Waals surface area contributed by atoms with Crippen LogP contribution in [0.5, 0.6) is 5.75 Å². The van der Waals surface area contributed by atoms with Crippen LogP contribution in [0, 0.1) is 0 Å². The first-order valence-electron chi connectivity index (χ1n) is 16.6. The molecule has 264 valence electrons. The molecule has 0 saturated carbocycles. The number of anilines is 1. The maximum Gasteiger partial charge on any atom is 0.262 e. The smallest absolute Gasteiger partial charge is 0.262 e. The Labute approximate surface area is 299 Å². The molecule has 0 fully saturated rings. The maximum atomic E-state index is 14.6. The van der Waals surface area contributed by atoms with Crippen molar-refractivity contribution in [2.45, 2.75) is 32.4 Å². The van der Waals surface area contributed by atoms with Crippen LogP contribution in [0.3, 0.4) is 0 Å². The van der Waals surface area contributed by atoms with Crippen LogP contribution < -0.4 is 11.3 Å². The summed E-state index contributed by atoms with van der Waals surface area (Å²) in [6, 6.07) is 19.6. The number of methoxy groups -OCH3 is 2. The van der Waals surface area contributed by atoms with Gasteiger partial charge in [0.1, 0.15) is 36.0 Å². The summed E-state index contributed by atoms with van der Waals surface area (Å²) >= 11 is 6.60.